The number of hydrogen-bond donors (Lipinski definition) is 19. The Kier molecular flexibility index (Phi) is 34.6. The van der Waals surface area contributed by atoms with Crippen LogP contribution in [0.3, 0.4) is 0 Å². The Morgan fingerprint density at radius 3 is 1.13 bits per heavy atom. The number of amides is 10. The van der Waals surface area contributed by atoms with Gasteiger partial charge in [0.25, 0.3) is 5.91 Å². The number of nitrogens with one attached hydrogen (secondary N) is 11. The third-order valence-electron chi connectivity index (χ3n) is 20.5. The summed E-state index contributed by atoms with van der Waals surface area (Å²) in [6, 6.07) is 28.2. The fourth-order valence-electron chi connectivity index (χ4n) is 14.5. The van der Waals surface area contributed by atoms with E-state index in [0.29, 0.717) is 109 Å². The molecule has 116 heavy (non-hydrogen) atoms. The number of esters is 1. The molecular weight excluding hydrogens is 1480 g/mol. The number of ether oxygens (including phenoxy) is 1. The van der Waals surface area contributed by atoms with E-state index in [9.17, 15) is 39.0 Å². The van der Waals surface area contributed by atoms with Crippen molar-refractivity contribution in [3.05, 3.63) is 201 Å². The monoisotopic (exact) mass is 1600 g/mol. The highest BCUT2D eigenvalue weighted by atomic mass is 16.6. The number of unbranched alkanes of at least 4 members (excludes halogenated alkanes) is 4. The second kappa shape index (κ2) is 44.8. The molecule has 0 radical (unpaired) electrons. The highest BCUT2D eigenvalue weighted by Crippen LogP contribution is 2.53. The largest absolute Gasteiger partial charge is 0.508 e. The maximum absolute atomic E-state index is 15.3. The van der Waals surface area contributed by atoms with Crippen LogP contribution < -0.4 is 87.6 Å². The van der Waals surface area contributed by atoms with Gasteiger partial charge in [-0.05, 0) is 199 Å². The van der Waals surface area contributed by atoms with Gasteiger partial charge in [-0.25, -0.2) is 4.79 Å². The van der Waals surface area contributed by atoms with E-state index in [0.717, 1.165) is 0 Å². The third-order valence-corrected chi connectivity index (χ3v) is 20.5. The Labute approximate surface area is 675 Å². The molecule has 1 aliphatic heterocycles. The van der Waals surface area contributed by atoms with Gasteiger partial charge < -0.3 is 103 Å². The minimum atomic E-state index is -1.51. The predicted octanol–water partition coefficient (Wildman–Crippen LogP) is 2.48. The highest BCUT2D eigenvalue weighted by Gasteiger charge is 2.53. The molecule has 6 aromatic rings. The van der Waals surface area contributed by atoms with Crippen molar-refractivity contribution in [3.63, 3.8) is 0 Å². The predicted molar refractivity (Wildman–Crippen MR) is 437 cm³/mol. The zero-order chi connectivity index (χ0) is 83.8. The van der Waals surface area contributed by atoms with E-state index in [1.165, 1.54) is 24.3 Å². The Morgan fingerprint density at radius 2 is 0.750 bits per heavy atom. The van der Waals surface area contributed by atoms with E-state index < -0.39 is 125 Å². The summed E-state index contributed by atoms with van der Waals surface area (Å²) in [5.41, 5.74) is 38.0. The molecule has 1 spiro atoms. The first-order valence-electron chi connectivity index (χ1n) is 39.8. The van der Waals surface area contributed by atoms with E-state index in [4.69, 9.17) is 44.5 Å². The molecule has 1 heterocycles. The van der Waals surface area contributed by atoms with Gasteiger partial charge in [0.2, 0.25) is 53.2 Å². The number of phenols is 2. The molecule has 2 aliphatic rings. The van der Waals surface area contributed by atoms with E-state index in [2.05, 4.69) is 53.2 Å². The quantitative estimate of drug-likeness (QED) is 0.0113. The van der Waals surface area contributed by atoms with Crippen LogP contribution in [0.4, 0.5) is 0 Å². The summed E-state index contributed by atoms with van der Waals surface area (Å²) in [4.78, 5) is 160. The lowest BCUT2D eigenvalue weighted by Crippen LogP contribution is -2.61. The standard InChI is InChI=1S/C85H113N17O14/c1-51(2)43-69(79(111)94-64(73(90)105)27-12-16-38-86)100-77(109)66(29-14-18-40-88)96-76(108)68(31-20-42-93-84(91)92)98-81(113)71(45-53-23-8-4-9-24-53)102-82(114)72(46-54-25-10-5-11-26-54)101-78(110)67(30-15-19-41-89)95-75(107)65(28-13-17-39-87)97-80(112)70(44-52-21-6-3-7-22-52)99-74(106)55-32-35-63-60(50-55)83(115)116-85(63)61-36-33-58(103)48-56(61)47-57-49-59(104)34-37-62(57)85/h3-11,21-26,32-37,48-51,64-72,103-104H,12-20,27-31,38-47,86-89H2,1-2H3,(H2,90,105)(H,94,111)(H,95,107)(H,96,108)(H,97,112)(H,98,113)(H,99,106)(H,100,109)(H,101,110)(H,102,114)(H4,91,92,93)/t64-,65-,66-,67-,68-,69-,70-,71-,72-/m0/s1. The van der Waals surface area contributed by atoms with Gasteiger partial charge in [0.1, 0.15) is 65.9 Å². The normalized spacial score (nSPS) is 14.6. The van der Waals surface area contributed by atoms with Crippen molar-refractivity contribution in [2.45, 2.75) is 196 Å². The van der Waals surface area contributed by atoms with Crippen LogP contribution in [0.5, 0.6) is 11.5 Å². The molecule has 0 aromatic heterocycles. The number of carbonyl (C=O) groups is 11. The van der Waals surface area contributed by atoms with Crippen LogP contribution in [-0.2, 0) is 79.2 Å². The second-order valence-electron chi connectivity index (χ2n) is 29.9. The van der Waals surface area contributed by atoms with Gasteiger partial charge >= 0.3 is 5.97 Å². The van der Waals surface area contributed by atoms with E-state index in [1.54, 1.807) is 121 Å². The smallest absolute Gasteiger partial charge is 0.340 e. The maximum atomic E-state index is 15.3. The minimum absolute atomic E-state index is 0.00653. The Morgan fingerprint density at radius 1 is 0.414 bits per heavy atom. The van der Waals surface area contributed by atoms with Crippen LogP contribution in [0.15, 0.2) is 146 Å². The molecule has 10 amide bonds. The van der Waals surface area contributed by atoms with E-state index in [-0.39, 0.29) is 125 Å². The second-order valence-corrected chi connectivity index (χ2v) is 29.9. The zero-order valence-electron chi connectivity index (χ0n) is 65.9. The maximum Gasteiger partial charge on any atom is 0.340 e. The summed E-state index contributed by atoms with van der Waals surface area (Å²) in [6.45, 7) is 4.82. The summed E-state index contributed by atoms with van der Waals surface area (Å²) in [5.74, 6) is -9.13. The van der Waals surface area contributed by atoms with Gasteiger partial charge in [-0.3, -0.25) is 53.4 Å². The molecule has 0 saturated carbocycles. The van der Waals surface area contributed by atoms with Crippen LogP contribution in [0.1, 0.15) is 175 Å². The number of hydrogen-bond acceptors (Lipinski definition) is 19. The van der Waals surface area contributed by atoms with Crippen molar-refractivity contribution < 1.29 is 67.7 Å². The molecule has 1 aliphatic carbocycles. The van der Waals surface area contributed by atoms with Crippen molar-refractivity contribution in [2.24, 2.45) is 40.3 Å². The average molecular weight is 1600 g/mol. The summed E-state index contributed by atoms with van der Waals surface area (Å²) < 4.78 is 6.33. The molecule has 9 atom stereocenters. The number of carbonyl (C=O) groups excluding carboxylic acids is 11. The van der Waals surface area contributed by atoms with Crippen molar-refractivity contribution in [1.82, 2.24) is 53.2 Å². The molecule has 622 valence electrons. The van der Waals surface area contributed by atoms with Crippen molar-refractivity contribution in [3.8, 4) is 11.5 Å². The average Bonchev–Trinajstić information content (AvgIpc) is 1.51. The lowest BCUT2D eigenvalue weighted by molar-refractivity contribution is -0.136. The van der Waals surface area contributed by atoms with Crippen molar-refractivity contribution in [1.29, 1.82) is 5.41 Å². The lowest BCUT2D eigenvalue weighted by atomic mass is 9.71. The number of phenolic OH excluding ortho intramolecular Hbond substituents is 2. The number of aromatic hydroxyl groups is 2. The molecule has 0 saturated heterocycles. The fourth-order valence-corrected chi connectivity index (χ4v) is 14.5. The van der Waals surface area contributed by atoms with Crippen molar-refractivity contribution >= 4 is 71.0 Å². The molecule has 0 bridgehead atoms. The summed E-state index contributed by atoms with van der Waals surface area (Å²) in [5, 5.41) is 56.9. The molecule has 0 unspecified atom stereocenters. The lowest BCUT2D eigenvalue weighted by Gasteiger charge is -2.37. The molecule has 25 N–H and O–H groups in total. The number of rotatable bonds is 47. The van der Waals surface area contributed by atoms with Gasteiger partial charge in [-0.1, -0.05) is 123 Å². The van der Waals surface area contributed by atoms with Crippen LogP contribution in [-0.4, -0.2) is 168 Å². The highest BCUT2D eigenvalue weighted by molar-refractivity contribution is 6.04. The van der Waals surface area contributed by atoms with Crippen LogP contribution in [0.2, 0.25) is 0 Å². The zero-order valence-corrected chi connectivity index (χ0v) is 65.9. The van der Waals surface area contributed by atoms with E-state index >= 15 is 24.0 Å². The van der Waals surface area contributed by atoms with Crippen LogP contribution in [0, 0.1) is 11.3 Å². The summed E-state index contributed by atoms with van der Waals surface area (Å²) in [6.07, 6.45) is 3.72. The first-order chi connectivity index (χ1) is 55.7. The molecular formula is C85H113N17O14. The molecule has 8 rings (SSSR count). The van der Waals surface area contributed by atoms with Gasteiger partial charge in [0.15, 0.2) is 11.6 Å². The first-order valence-corrected chi connectivity index (χ1v) is 39.8. The van der Waals surface area contributed by atoms with Crippen LogP contribution in [0.25, 0.3) is 0 Å². The molecule has 6 aromatic carbocycles. The van der Waals surface area contributed by atoms with Gasteiger partial charge in [0.05, 0.1) is 5.56 Å². The van der Waals surface area contributed by atoms with Crippen molar-refractivity contribution in [2.75, 3.05) is 32.7 Å². The number of fused-ring (bicyclic) bond motifs is 6. The summed E-state index contributed by atoms with van der Waals surface area (Å²) >= 11 is 0. The Balaban J connectivity index is 1.04. The number of nitrogens with two attached hydrogens (primary N) is 6. The minimum Gasteiger partial charge on any atom is -0.508 e. The van der Waals surface area contributed by atoms with Crippen LogP contribution >= 0.6 is 0 Å². The Bertz CT molecular complexity index is 4310. The van der Waals surface area contributed by atoms with E-state index in [1.807, 2.05) is 13.8 Å². The molecule has 31 heteroatoms. The third kappa shape index (κ3) is 25.9. The Hall–Kier alpha value is -11.8. The summed E-state index contributed by atoms with van der Waals surface area (Å²) in [7, 11) is 0. The van der Waals surface area contributed by atoms with Gasteiger partial charge in [-0.15, -0.1) is 0 Å². The number of guanidine groups is 1. The number of benzene rings is 6. The molecule has 31 nitrogen and oxygen atoms in total. The van der Waals surface area contributed by atoms with Gasteiger partial charge in [-0.2, -0.15) is 0 Å². The van der Waals surface area contributed by atoms with Gasteiger partial charge in [0, 0.05) is 48.1 Å². The first kappa shape index (κ1) is 89.7. The number of primary amides is 1. The SMILES string of the molecule is CC(C)C[C@H](NC(=O)[C@H](CCCCN)NC(=O)[C@H](CCCNC(=N)N)NC(=O)[C@H](Cc1ccccc1)NC(=O)[C@H](Cc1ccccc1)NC(=O)[C@H](CCCCN)NC(=O)[C@H](CCCCN)NC(=O)[C@H](Cc1ccccc1)NC(=O)c1ccc2c(c1)C(=O)OC21c2ccc(O)cc2Cc2cc(O)ccc21)C(=O)N[C@@H](CCCCN)C(N)=O. The fraction of sp³-hybridized carbons (Fsp3) is 0.435. The molecule has 0 fully saturated rings. The topological polar surface area (TPSA) is 538 Å².